The summed E-state index contributed by atoms with van der Waals surface area (Å²) in [6.07, 6.45) is 0. The van der Waals surface area contributed by atoms with Crippen LogP contribution in [0.3, 0.4) is 0 Å². The molecule has 1 aromatic heterocycles. The molecular weight excluding hydrogens is 390 g/mol. The van der Waals surface area contributed by atoms with E-state index in [1.165, 1.54) is 7.11 Å². The number of phenols is 1. The number of methoxy groups -OCH3 is 2. The monoisotopic (exact) mass is 411 g/mol. The minimum Gasteiger partial charge on any atom is -0.506 e. The fourth-order valence-electron chi connectivity index (χ4n) is 4.44. The zero-order valence-electron chi connectivity index (χ0n) is 17.5. The van der Waals surface area contributed by atoms with Crippen LogP contribution in [0.4, 0.5) is 0 Å². The smallest absolute Gasteiger partial charge is 0.201 e. The minimum atomic E-state index is -0.246. The van der Waals surface area contributed by atoms with Crippen molar-refractivity contribution in [1.29, 1.82) is 0 Å². The average Bonchev–Trinajstić information content (AvgIpc) is 2.82. The summed E-state index contributed by atoms with van der Waals surface area (Å²) < 4.78 is 12.8. The van der Waals surface area contributed by atoms with Crippen molar-refractivity contribution < 1.29 is 14.6 Å². The molecule has 5 nitrogen and oxygen atoms in total. The van der Waals surface area contributed by atoms with E-state index in [1.54, 1.807) is 19.2 Å². The summed E-state index contributed by atoms with van der Waals surface area (Å²) in [5.74, 6) is 0.994. The van der Waals surface area contributed by atoms with E-state index in [1.807, 2.05) is 66.2 Å². The van der Waals surface area contributed by atoms with Crippen LogP contribution in [0.2, 0.25) is 0 Å². The van der Waals surface area contributed by atoms with Gasteiger partial charge in [-0.3, -0.25) is 4.79 Å². The van der Waals surface area contributed by atoms with Gasteiger partial charge in [0, 0.05) is 24.1 Å². The number of phenolic OH excluding ortho intramolecular Hbond substituents is 1. The van der Waals surface area contributed by atoms with Crippen LogP contribution in [-0.2, 0) is 7.05 Å². The largest absolute Gasteiger partial charge is 0.506 e. The Hall–Kier alpha value is -3.99. The van der Waals surface area contributed by atoms with Crippen molar-refractivity contribution in [3.8, 4) is 28.4 Å². The van der Waals surface area contributed by atoms with Crippen molar-refractivity contribution in [1.82, 2.24) is 4.57 Å². The summed E-state index contributed by atoms with van der Waals surface area (Å²) in [7, 11) is 5.00. The summed E-state index contributed by atoms with van der Waals surface area (Å²) >= 11 is 0. The molecular formula is C26H21NO4. The zero-order valence-corrected chi connectivity index (χ0v) is 17.5. The molecule has 5 heteroatoms. The maximum absolute atomic E-state index is 13.7. The van der Waals surface area contributed by atoms with Crippen LogP contribution in [0.25, 0.3) is 43.7 Å². The summed E-state index contributed by atoms with van der Waals surface area (Å²) in [5, 5.41) is 13.5. The number of benzene rings is 4. The lowest BCUT2D eigenvalue weighted by Crippen LogP contribution is -2.11. The van der Waals surface area contributed by atoms with Gasteiger partial charge in [0.15, 0.2) is 11.5 Å². The quantitative estimate of drug-likeness (QED) is 0.413. The lowest BCUT2D eigenvalue weighted by atomic mass is 9.92. The molecule has 0 fully saturated rings. The van der Waals surface area contributed by atoms with Crippen molar-refractivity contribution in [3.05, 3.63) is 77.0 Å². The third-order valence-corrected chi connectivity index (χ3v) is 5.89. The molecule has 154 valence electrons. The summed E-state index contributed by atoms with van der Waals surface area (Å²) in [4.78, 5) is 13.7. The molecule has 4 aromatic carbocycles. The number of hydrogen-bond donors (Lipinski definition) is 1. The number of fused-ring (bicyclic) bond motifs is 3. The predicted octanol–water partition coefficient (Wildman–Crippen LogP) is 5.23. The normalized spacial score (nSPS) is 11.3. The van der Waals surface area contributed by atoms with Crippen LogP contribution < -0.4 is 14.9 Å². The Morgan fingerprint density at radius 2 is 1.42 bits per heavy atom. The number of aromatic hydroxyl groups is 1. The first kappa shape index (κ1) is 19.0. The van der Waals surface area contributed by atoms with E-state index in [0.29, 0.717) is 38.7 Å². The molecule has 0 saturated carbocycles. The molecule has 0 amide bonds. The minimum absolute atomic E-state index is 0.0115. The van der Waals surface area contributed by atoms with Crippen LogP contribution in [0.1, 0.15) is 0 Å². The number of aryl methyl sites for hydroxylation is 1. The Balaban J connectivity index is 2.11. The van der Waals surface area contributed by atoms with Crippen LogP contribution in [0.15, 0.2) is 71.5 Å². The molecule has 0 aliphatic rings. The molecule has 0 radical (unpaired) electrons. The third-order valence-electron chi connectivity index (χ3n) is 5.89. The van der Waals surface area contributed by atoms with Crippen molar-refractivity contribution in [2.24, 2.45) is 7.05 Å². The number of ether oxygens (including phenoxy) is 2. The molecule has 0 bridgehead atoms. The van der Waals surface area contributed by atoms with E-state index >= 15 is 0 Å². The Kier molecular flexibility index (Phi) is 4.33. The molecule has 0 saturated heterocycles. The number of rotatable bonds is 3. The molecule has 0 aliphatic carbocycles. The lowest BCUT2D eigenvalue weighted by Gasteiger charge is -2.19. The molecule has 1 heterocycles. The maximum Gasteiger partial charge on any atom is 0.201 e. The van der Waals surface area contributed by atoms with Gasteiger partial charge in [-0.05, 0) is 17.0 Å². The fourth-order valence-corrected chi connectivity index (χ4v) is 4.44. The zero-order chi connectivity index (χ0) is 21.7. The maximum atomic E-state index is 13.7. The standard InChI is InChI=1S/C26H21NO4/c1-27-19-14-21(31-3)20(30-2)13-18(19)26(29)23-24(27)22(15-9-5-4-6-10-15)16-11-7-8-12-17(16)25(23)28/h4-14,28H,1-3H3. The van der Waals surface area contributed by atoms with Crippen LogP contribution in [0, 0.1) is 0 Å². The van der Waals surface area contributed by atoms with Crippen LogP contribution >= 0.6 is 0 Å². The third kappa shape index (κ3) is 2.66. The Morgan fingerprint density at radius 1 is 0.806 bits per heavy atom. The molecule has 5 rings (SSSR count). The number of hydrogen-bond acceptors (Lipinski definition) is 4. The second kappa shape index (κ2) is 7.06. The van der Waals surface area contributed by atoms with E-state index in [0.717, 1.165) is 16.5 Å². The molecule has 1 N–H and O–H groups in total. The molecule has 0 spiro atoms. The number of nitrogens with zero attached hydrogens (tertiary/aromatic N) is 1. The second-order valence-electron chi connectivity index (χ2n) is 7.47. The van der Waals surface area contributed by atoms with Gasteiger partial charge in [-0.2, -0.15) is 0 Å². The van der Waals surface area contributed by atoms with E-state index in [9.17, 15) is 9.90 Å². The highest BCUT2D eigenvalue weighted by Crippen LogP contribution is 2.43. The number of pyridine rings is 1. The molecule has 31 heavy (non-hydrogen) atoms. The first-order valence-corrected chi connectivity index (χ1v) is 9.94. The van der Waals surface area contributed by atoms with Gasteiger partial charge in [0.25, 0.3) is 0 Å². The highest BCUT2D eigenvalue weighted by Gasteiger charge is 2.22. The van der Waals surface area contributed by atoms with Gasteiger partial charge in [0.2, 0.25) is 5.43 Å². The highest BCUT2D eigenvalue weighted by atomic mass is 16.5. The molecule has 0 aliphatic heterocycles. The topological polar surface area (TPSA) is 60.7 Å². The Bertz CT molecular complexity index is 1540. The van der Waals surface area contributed by atoms with Gasteiger partial charge in [-0.1, -0.05) is 54.6 Å². The molecule has 5 aromatic rings. The summed E-state index contributed by atoms with van der Waals surface area (Å²) in [6, 6.07) is 21.0. The van der Waals surface area contributed by atoms with Crippen molar-refractivity contribution >= 4 is 32.6 Å². The van der Waals surface area contributed by atoms with E-state index in [2.05, 4.69) is 0 Å². The van der Waals surface area contributed by atoms with Gasteiger partial charge in [-0.25, -0.2) is 0 Å². The highest BCUT2D eigenvalue weighted by molar-refractivity contribution is 6.17. The van der Waals surface area contributed by atoms with Crippen LogP contribution in [0.5, 0.6) is 17.2 Å². The van der Waals surface area contributed by atoms with Crippen molar-refractivity contribution in [2.45, 2.75) is 0 Å². The van der Waals surface area contributed by atoms with Crippen LogP contribution in [-0.4, -0.2) is 23.9 Å². The number of aromatic nitrogens is 1. The Labute approximate surface area is 178 Å². The average molecular weight is 411 g/mol. The molecule has 0 unspecified atom stereocenters. The van der Waals surface area contributed by atoms with Crippen molar-refractivity contribution in [2.75, 3.05) is 14.2 Å². The lowest BCUT2D eigenvalue weighted by molar-refractivity contribution is 0.355. The first-order chi connectivity index (χ1) is 15.1. The van der Waals surface area contributed by atoms with Gasteiger partial charge in [-0.15, -0.1) is 0 Å². The van der Waals surface area contributed by atoms with E-state index < -0.39 is 0 Å². The Morgan fingerprint density at radius 3 is 2.10 bits per heavy atom. The summed E-state index contributed by atoms with van der Waals surface area (Å²) in [6.45, 7) is 0. The van der Waals surface area contributed by atoms with E-state index in [4.69, 9.17) is 9.47 Å². The van der Waals surface area contributed by atoms with Gasteiger partial charge < -0.3 is 19.1 Å². The molecule has 0 atom stereocenters. The van der Waals surface area contributed by atoms with E-state index in [-0.39, 0.29) is 11.2 Å². The predicted molar refractivity (Wildman–Crippen MR) is 124 cm³/mol. The first-order valence-electron chi connectivity index (χ1n) is 9.94. The second-order valence-corrected chi connectivity index (χ2v) is 7.47. The SMILES string of the molecule is COc1cc2c(=O)c3c(O)c4ccccc4c(-c4ccccc4)c3n(C)c2cc1OC. The van der Waals surface area contributed by atoms with Crippen molar-refractivity contribution in [3.63, 3.8) is 0 Å². The van der Waals surface area contributed by atoms with Gasteiger partial charge in [0.05, 0.1) is 36.0 Å². The summed E-state index contributed by atoms with van der Waals surface area (Å²) in [5.41, 5.74) is 3.00. The fraction of sp³-hybridized carbons (Fsp3) is 0.115. The van der Waals surface area contributed by atoms with Gasteiger partial charge >= 0.3 is 0 Å². The van der Waals surface area contributed by atoms with Gasteiger partial charge in [0.1, 0.15) is 5.75 Å².